The molecule has 100 valence electrons. The van der Waals surface area contributed by atoms with Gasteiger partial charge in [-0.1, -0.05) is 42.0 Å². The van der Waals surface area contributed by atoms with E-state index in [1.165, 1.54) is 24.3 Å². The summed E-state index contributed by atoms with van der Waals surface area (Å²) in [6.07, 6.45) is 0. The minimum atomic E-state index is -4.02. The maximum absolute atomic E-state index is 10.5. The summed E-state index contributed by atoms with van der Waals surface area (Å²) < 4.78 is 29.6. The molecule has 2 rings (SSSR count). The van der Waals surface area contributed by atoms with E-state index in [2.05, 4.69) is 0 Å². The first-order chi connectivity index (χ1) is 8.89. The molecule has 2 aromatic rings. The molecule has 0 fully saturated rings. The zero-order chi connectivity index (χ0) is 14.3. The second-order valence-electron chi connectivity index (χ2n) is 3.79. The van der Waals surface area contributed by atoms with E-state index in [0.717, 1.165) is 5.56 Å². The lowest BCUT2D eigenvalue weighted by Gasteiger charge is -1.95. The Labute approximate surface area is 112 Å². The number of hydrogen-bond acceptors (Lipinski definition) is 3. The number of aryl methyl sites for hydroxylation is 1. The lowest BCUT2D eigenvalue weighted by molar-refractivity contribution is 0.483. The lowest BCUT2D eigenvalue weighted by atomic mass is 10.2. The molecule has 4 nitrogen and oxygen atoms in total. The molecule has 0 saturated carbocycles. The van der Waals surface area contributed by atoms with Crippen molar-refractivity contribution in [1.29, 1.82) is 0 Å². The summed E-state index contributed by atoms with van der Waals surface area (Å²) in [6.45, 7) is 1.84. The summed E-state index contributed by atoms with van der Waals surface area (Å²) in [6, 6.07) is 16.1. The van der Waals surface area contributed by atoms with E-state index in [0.29, 0.717) is 0 Å². The van der Waals surface area contributed by atoms with Gasteiger partial charge < -0.3 is 0 Å². The van der Waals surface area contributed by atoms with Crippen molar-refractivity contribution in [1.82, 2.24) is 0 Å². The molecule has 0 atom stereocenters. The second-order valence-corrected chi connectivity index (χ2v) is 5.22. The number of rotatable bonds is 1. The molecule has 0 heterocycles. The molecule has 0 radical (unpaired) electrons. The van der Waals surface area contributed by atoms with Crippen LogP contribution in [0.25, 0.3) is 0 Å². The van der Waals surface area contributed by atoms with Crippen molar-refractivity contribution in [2.24, 2.45) is 0 Å². The van der Waals surface area contributed by atoms with Crippen molar-refractivity contribution < 1.29 is 13.0 Å². The Morgan fingerprint density at radius 1 is 0.842 bits per heavy atom. The Morgan fingerprint density at radius 2 is 1.32 bits per heavy atom. The average Bonchev–Trinajstić information content (AvgIpc) is 2.57. The van der Waals surface area contributed by atoms with E-state index >= 15 is 0 Å². The molecular formula is C14H14O4S. The third kappa shape index (κ3) is 5.94. The maximum atomic E-state index is 10.5. The summed E-state index contributed by atoms with van der Waals surface area (Å²) in [7, 11) is -4.02. The molecule has 5 heteroatoms. The third-order valence-electron chi connectivity index (χ3n) is 2.17. The van der Waals surface area contributed by atoms with E-state index in [1.807, 2.05) is 19.1 Å². The highest BCUT2D eigenvalue weighted by Gasteiger charge is 2.06. The van der Waals surface area contributed by atoms with Gasteiger partial charge >= 0.3 is 0 Å². The molecular weight excluding hydrogens is 264 g/mol. The van der Waals surface area contributed by atoms with Crippen molar-refractivity contribution in [2.75, 3.05) is 0 Å². The quantitative estimate of drug-likeness (QED) is 0.812. The molecule has 0 aliphatic rings. The molecule has 1 N–H and O–H groups in total. The third-order valence-corrected chi connectivity index (χ3v) is 3.04. The van der Waals surface area contributed by atoms with Gasteiger partial charge in [0.25, 0.3) is 10.1 Å². The van der Waals surface area contributed by atoms with Gasteiger partial charge in [0.1, 0.15) is 0 Å². The van der Waals surface area contributed by atoms with Crippen LogP contribution in [0.5, 0.6) is 0 Å². The first-order valence-corrected chi connectivity index (χ1v) is 6.93. The Balaban J connectivity index is 0.000000200. The first-order valence-electron chi connectivity index (χ1n) is 5.49. The summed E-state index contributed by atoms with van der Waals surface area (Å²) in [5, 5.41) is 0. The fourth-order valence-corrected chi connectivity index (χ4v) is 1.67. The topological polar surface area (TPSA) is 71.4 Å². The van der Waals surface area contributed by atoms with E-state index in [-0.39, 0.29) is 10.3 Å². The molecule has 0 aliphatic carbocycles. The van der Waals surface area contributed by atoms with Gasteiger partial charge in [0, 0.05) is 0 Å². The molecule has 0 unspecified atom stereocenters. The predicted molar refractivity (Wildman–Crippen MR) is 73.7 cm³/mol. The predicted octanol–water partition coefficient (Wildman–Crippen LogP) is 2.29. The van der Waals surface area contributed by atoms with Crippen LogP contribution in [-0.4, -0.2) is 13.0 Å². The van der Waals surface area contributed by atoms with Crippen LogP contribution in [0.1, 0.15) is 5.56 Å². The highest BCUT2D eigenvalue weighted by molar-refractivity contribution is 7.85. The average molecular weight is 278 g/mol. The van der Waals surface area contributed by atoms with Gasteiger partial charge in [-0.25, -0.2) is 0 Å². The highest BCUT2D eigenvalue weighted by Crippen LogP contribution is 2.08. The van der Waals surface area contributed by atoms with Gasteiger partial charge in [-0.2, -0.15) is 8.42 Å². The van der Waals surface area contributed by atoms with Crippen LogP contribution in [0.4, 0.5) is 0 Å². The van der Waals surface area contributed by atoms with Crippen LogP contribution >= 0.6 is 0 Å². The van der Waals surface area contributed by atoms with Gasteiger partial charge in [-0.15, -0.1) is 0 Å². The highest BCUT2D eigenvalue weighted by atomic mass is 32.2. The second kappa shape index (κ2) is 6.82. The fourth-order valence-electron chi connectivity index (χ4n) is 1.19. The van der Waals surface area contributed by atoms with Crippen molar-refractivity contribution in [3.05, 3.63) is 76.5 Å². The SMILES string of the molecule is Cc1ccc(S(=O)(=O)O)cc1.O=c1cccccc1. The van der Waals surface area contributed by atoms with Crippen molar-refractivity contribution in [3.8, 4) is 0 Å². The normalized spacial score (nSPS) is 10.2. The van der Waals surface area contributed by atoms with Crippen LogP contribution in [0.15, 0.2) is 70.4 Å². The van der Waals surface area contributed by atoms with Gasteiger partial charge in [0.2, 0.25) is 0 Å². The van der Waals surface area contributed by atoms with Gasteiger partial charge in [0.15, 0.2) is 5.43 Å². The molecule has 0 bridgehead atoms. The van der Waals surface area contributed by atoms with E-state index < -0.39 is 10.1 Å². The Bertz CT molecular complexity index is 654. The maximum Gasteiger partial charge on any atom is 0.294 e. The van der Waals surface area contributed by atoms with Gasteiger partial charge in [-0.3, -0.25) is 9.35 Å². The summed E-state index contributed by atoms with van der Waals surface area (Å²) in [4.78, 5) is 10.4. The zero-order valence-corrected chi connectivity index (χ0v) is 11.2. The van der Waals surface area contributed by atoms with Crippen molar-refractivity contribution >= 4 is 10.1 Å². The molecule has 0 amide bonds. The fraction of sp³-hybridized carbons (Fsp3) is 0.0714. The minimum Gasteiger partial charge on any atom is -0.290 e. The smallest absolute Gasteiger partial charge is 0.290 e. The van der Waals surface area contributed by atoms with Crippen LogP contribution in [0, 0.1) is 6.92 Å². The number of benzene rings is 1. The molecule has 2 aromatic carbocycles. The van der Waals surface area contributed by atoms with Crippen LogP contribution in [-0.2, 0) is 10.1 Å². The van der Waals surface area contributed by atoms with Crippen molar-refractivity contribution in [2.45, 2.75) is 11.8 Å². The van der Waals surface area contributed by atoms with Crippen LogP contribution in [0.3, 0.4) is 0 Å². The summed E-state index contributed by atoms with van der Waals surface area (Å²) in [5.41, 5.74) is 1.01. The molecule has 0 aromatic heterocycles. The van der Waals surface area contributed by atoms with E-state index in [1.54, 1.807) is 24.3 Å². The molecule has 0 saturated heterocycles. The lowest BCUT2D eigenvalue weighted by Crippen LogP contribution is -1.96. The van der Waals surface area contributed by atoms with Gasteiger partial charge in [0.05, 0.1) is 4.90 Å². The standard InChI is InChI=1S/C7H8O3S.C7H6O/c1-6-2-4-7(5-3-6)11(8,9)10;8-7-5-3-1-2-4-6-7/h2-5H,1H3,(H,8,9,10);1-6H. The Hall–Kier alpha value is -1.98. The molecule has 0 aliphatic heterocycles. The van der Waals surface area contributed by atoms with Crippen molar-refractivity contribution in [3.63, 3.8) is 0 Å². The van der Waals surface area contributed by atoms with E-state index in [9.17, 15) is 13.2 Å². The number of hydrogen-bond donors (Lipinski definition) is 1. The van der Waals surface area contributed by atoms with Gasteiger partial charge in [-0.05, 0) is 31.2 Å². The summed E-state index contributed by atoms with van der Waals surface area (Å²) in [5.74, 6) is 0. The Kier molecular flexibility index (Phi) is 5.41. The van der Waals surface area contributed by atoms with E-state index in [4.69, 9.17) is 4.55 Å². The molecule has 19 heavy (non-hydrogen) atoms. The summed E-state index contributed by atoms with van der Waals surface area (Å²) >= 11 is 0. The van der Waals surface area contributed by atoms with Crippen LogP contribution < -0.4 is 5.43 Å². The molecule has 0 spiro atoms. The Morgan fingerprint density at radius 3 is 1.74 bits per heavy atom. The largest absolute Gasteiger partial charge is 0.294 e. The first kappa shape index (κ1) is 15.1. The minimum absolute atomic E-state index is 0.0509. The monoisotopic (exact) mass is 278 g/mol. The zero-order valence-electron chi connectivity index (χ0n) is 10.4. The van der Waals surface area contributed by atoms with Crippen LogP contribution in [0.2, 0.25) is 0 Å².